The van der Waals surface area contributed by atoms with Crippen LogP contribution in [-0.2, 0) is 4.74 Å². The van der Waals surface area contributed by atoms with E-state index in [9.17, 15) is 4.79 Å². The molecule has 1 aromatic rings. The first-order chi connectivity index (χ1) is 8.92. The van der Waals surface area contributed by atoms with Crippen molar-refractivity contribution in [3.05, 3.63) is 29.8 Å². The van der Waals surface area contributed by atoms with Gasteiger partial charge in [0.25, 0.3) is 0 Å². The van der Waals surface area contributed by atoms with Gasteiger partial charge in [0.15, 0.2) is 0 Å². The maximum Gasteiger partial charge on any atom is 0.338 e. The standard InChI is InChI=1S/C15H24N2O2/c1-15(2,3)19-14(18)12-6-8-13(9-7-12)17-11-5-4-10-16/h6-9,17H,4-5,10-11,16H2,1-3H3. The van der Waals surface area contributed by atoms with Crippen molar-refractivity contribution < 1.29 is 9.53 Å². The minimum Gasteiger partial charge on any atom is -0.456 e. The number of hydrogen-bond acceptors (Lipinski definition) is 4. The van der Waals surface area contributed by atoms with Gasteiger partial charge in [-0.05, 0) is 64.4 Å². The lowest BCUT2D eigenvalue weighted by molar-refractivity contribution is 0.00696. The van der Waals surface area contributed by atoms with Crippen molar-refractivity contribution in [2.45, 2.75) is 39.2 Å². The monoisotopic (exact) mass is 264 g/mol. The first-order valence-corrected chi connectivity index (χ1v) is 6.70. The van der Waals surface area contributed by atoms with Crippen LogP contribution in [0.15, 0.2) is 24.3 Å². The first kappa shape index (κ1) is 15.5. The second-order valence-electron chi connectivity index (χ2n) is 5.50. The van der Waals surface area contributed by atoms with Crippen LogP contribution >= 0.6 is 0 Å². The molecule has 0 radical (unpaired) electrons. The number of benzene rings is 1. The number of nitrogens with one attached hydrogen (secondary N) is 1. The van der Waals surface area contributed by atoms with Crippen LogP contribution in [-0.4, -0.2) is 24.7 Å². The van der Waals surface area contributed by atoms with Gasteiger partial charge < -0.3 is 15.8 Å². The molecule has 0 bridgehead atoms. The number of hydrogen-bond donors (Lipinski definition) is 2. The summed E-state index contributed by atoms with van der Waals surface area (Å²) in [7, 11) is 0. The SMILES string of the molecule is CC(C)(C)OC(=O)c1ccc(NCCCCN)cc1. The maximum absolute atomic E-state index is 11.8. The number of rotatable bonds is 6. The molecule has 0 spiro atoms. The summed E-state index contributed by atoms with van der Waals surface area (Å²) < 4.78 is 5.30. The lowest BCUT2D eigenvalue weighted by Gasteiger charge is -2.19. The number of unbranched alkanes of at least 4 members (excludes halogenated alkanes) is 1. The van der Waals surface area contributed by atoms with Crippen LogP contribution in [0.4, 0.5) is 5.69 Å². The molecule has 0 amide bonds. The Labute approximate surface area is 115 Å². The quantitative estimate of drug-likeness (QED) is 0.612. The second-order valence-corrected chi connectivity index (χ2v) is 5.50. The van der Waals surface area contributed by atoms with E-state index in [1.54, 1.807) is 12.1 Å². The zero-order valence-corrected chi connectivity index (χ0v) is 12.0. The third kappa shape index (κ3) is 6.25. The highest BCUT2D eigenvalue weighted by Gasteiger charge is 2.17. The summed E-state index contributed by atoms with van der Waals surface area (Å²) in [6, 6.07) is 7.34. The number of anilines is 1. The van der Waals surface area contributed by atoms with Gasteiger partial charge in [0, 0.05) is 12.2 Å². The average Bonchev–Trinajstić information content (AvgIpc) is 2.33. The molecule has 4 heteroatoms. The molecule has 0 aliphatic carbocycles. The van der Waals surface area contributed by atoms with E-state index < -0.39 is 5.60 Å². The number of carbonyl (C=O) groups is 1. The zero-order valence-electron chi connectivity index (χ0n) is 12.0. The summed E-state index contributed by atoms with van der Waals surface area (Å²) in [5.41, 5.74) is 6.55. The van der Waals surface area contributed by atoms with E-state index in [1.807, 2.05) is 32.9 Å². The highest BCUT2D eigenvalue weighted by atomic mass is 16.6. The smallest absolute Gasteiger partial charge is 0.338 e. The van der Waals surface area contributed by atoms with E-state index in [0.717, 1.165) is 31.6 Å². The summed E-state index contributed by atoms with van der Waals surface area (Å²) in [6.07, 6.45) is 2.06. The van der Waals surface area contributed by atoms with Gasteiger partial charge >= 0.3 is 5.97 Å². The Morgan fingerprint density at radius 2 is 1.84 bits per heavy atom. The summed E-state index contributed by atoms with van der Waals surface area (Å²) in [5.74, 6) is -0.290. The van der Waals surface area contributed by atoms with Crippen LogP contribution in [0.5, 0.6) is 0 Å². The van der Waals surface area contributed by atoms with Gasteiger partial charge in [-0.15, -0.1) is 0 Å². The molecule has 0 saturated heterocycles. The Balaban J connectivity index is 2.49. The van der Waals surface area contributed by atoms with Crippen LogP contribution in [0.2, 0.25) is 0 Å². The Hall–Kier alpha value is -1.55. The molecule has 1 rings (SSSR count). The molecule has 3 N–H and O–H groups in total. The fraction of sp³-hybridized carbons (Fsp3) is 0.533. The zero-order chi connectivity index (χ0) is 14.3. The summed E-state index contributed by atoms with van der Waals surface area (Å²) >= 11 is 0. The van der Waals surface area contributed by atoms with Crippen molar-refractivity contribution in [3.63, 3.8) is 0 Å². The van der Waals surface area contributed by atoms with Crippen molar-refractivity contribution in [1.82, 2.24) is 0 Å². The molecular formula is C15H24N2O2. The minimum atomic E-state index is -0.462. The van der Waals surface area contributed by atoms with E-state index >= 15 is 0 Å². The fourth-order valence-electron chi connectivity index (χ4n) is 1.56. The van der Waals surface area contributed by atoms with Gasteiger partial charge in [-0.25, -0.2) is 4.79 Å². The van der Waals surface area contributed by atoms with Crippen molar-refractivity contribution in [2.75, 3.05) is 18.4 Å². The number of ether oxygens (including phenoxy) is 1. The first-order valence-electron chi connectivity index (χ1n) is 6.70. The molecule has 19 heavy (non-hydrogen) atoms. The topological polar surface area (TPSA) is 64.3 Å². The van der Waals surface area contributed by atoms with E-state index in [1.165, 1.54) is 0 Å². The summed E-state index contributed by atoms with van der Waals surface area (Å²) in [5, 5.41) is 3.29. The molecule has 106 valence electrons. The Morgan fingerprint density at radius 3 is 2.37 bits per heavy atom. The van der Waals surface area contributed by atoms with Crippen LogP contribution in [0.1, 0.15) is 44.0 Å². The van der Waals surface area contributed by atoms with Crippen LogP contribution in [0.25, 0.3) is 0 Å². The molecule has 0 unspecified atom stereocenters. The van der Waals surface area contributed by atoms with Gasteiger partial charge in [0.2, 0.25) is 0 Å². The second kappa shape index (κ2) is 7.14. The third-order valence-corrected chi connectivity index (χ3v) is 2.48. The third-order valence-electron chi connectivity index (χ3n) is 2.48. The van der Waals surface area contributed by atoms with E-state index in [2.05, 4.69) is 5.32 Å². The lowest BCUT2D eigenvalue weighted by Crippen LogP contribution is -2.23. The van der Waals surface area contributed by atoms with Gasteiger partial charge in [-0.1, -0.05) is 0 Å². The van der Waals surface area contributed by atoms with Crippen molar-refractivity contribution in [3.8, 4) is 0 Å². The Bertz CT molecular complexity index is 394. The number of esters is 1. The molecule has 1 aromatic carbocycles. The van der Waals surface area contributed by atoms with Crippen LogP contribution in [0, 0.1) is 0 Å². The lowest BCUT2D eigenvalue weighted by atomic mass is 10.1. The molecule has 0 aromatic heterocycles. The van der Waals surface area contributed by atoms with Crippen molar-refractivity contribution >= 4 is 11.7 Å². The Morgan fingerprint density at radius 1 is 1.21 bits per heavy atom. The van der Waals surface area contributed by atoms with Crippen LogP contribution < -0.4 is 11.1 Å². The van der Waals surface area contributed by atoms with Crippen molar-refractivity contribution in [2.24, 2.45) is 5.73 Å². The molecule has 0 aliphatic rings. The maximum atomic E-state index is 11.8. The minimum absolute atomic E-state index is 0.290. The molecule has 0 saturated carbocycles. The Kier molecular flexibility index (Phi) is 5.83. The average molecular weight is 264 g/mol. The molecule has 4 nitrogen and oxygen atoms in total. The van der Waals surface area contributed by atoms with Crippen LogP contribution in [0.3, 0.4) is 0 Å². The van der Waals surface area contributed by atoms with E-state index in [-0.39, 0.29) is 5.97 Å². The van der Waals surface area contributed by atoms with Crippen molar-refractivity contribution in [1.29, 1.82) is 0 Å². The largest absolute Gasteiger partial charge is 0.456 e. The fourth-order valence-corrected chi connectivity index (χ4v) is 1.56. The molecule has 0 aliphatic heterocycles. The highest BCUT2D eigenvalue weighted by Crippen LogP contribution is 2.14. The normalized spacial score (nSPS) is 11.2. The predicted molar refractivity (Wildman–Crippen MR) is 78.4 cm³/mol. The van der Waals surface area contributed by atoms with E-state index in [0.29, 0.717) is 5.56 Å². The summed E-state index contributed by atoms with van der Waals surface area (Å²) in [6.45, 7) is 7.19. The summed E-state index contributed by atoms with van der Waals surface area (Å²) in [4.78, 5) is 11.8. The molecular weight excluding hydrogens is 240 g/mol. The number of nitrogens with two attached hydrogens (primary N) is 1. The van der Waals surface area contributed by atoms with Gasteiger partial charge in [0.1, 0.15) is 5.60 Å². The van der Waals surface area contributed by atoms with Gasteiger partial charge in [-0.3, -0.25) is 0 Å². The molecule has 0 heterocycles. The van der Waals surface area contributed by atoms with E-state index in [4.69, 9.17) is 10.5 Å². The van der Waals surface area contributed by atoms with Gasteiger partial charge in [0.05, 0.1) is 5.56 Å². The predicted octanol–water partition coefficient (Wildman–Crippen LogP) is 2.79. The molecule has 0 fully saturated rings. The van der Waals surface area contributed by atoms with Gasteiger partial charge in [-0.2, -0.15) is 0 Å². The molecule has 0 atom stereocenters. The highest BCUT2D eigenvalue weighted by molar-refractivity contribution is 5.90. The number of carbonyl (C=O) groups excluding carboxylic acids is 1.